The summed E-state index contributed by atoms with van der Waals surface area (Å²) in [6.07, 6.45) is 3.87. The summed E-state index contributed by atoms with van der Waals surface area (Å²) in [4.78, 5) is 27.5. The average Bonchev–Trinajstić information content (AvgIpc) is 3.18. The lowest BCUT2D eigenvalue weighted by molar-refractivity contribution is -0.114. The van der Waals surface area contributed by atoms with Gasteiger partial charge in [0.15, 0.2) is 5.82 Å². The van der Waals surface area contributed by atoms with Crippen LogP contribution >= 0.6 is 0 Å². The van der Waals surface area contributed by atoms with E-state index in [1.807, 2.05) is 0 Å². The molecule has 0 amide bonds. The van der Waals surface area contributed by atoms with Gasteiger partial charge < -0.3 is 4.42 Å². The van der Waals surface area contributed by atoms with Crippen LogP contribution in [0.1, 0.15) is 16.2 Å². The number of furan rings is 1. The summed E-state index contributed by atoms with van der Waals surface area (Å²) in [6.45, 7) is 0. The van der Waals surface area contributed by atoms with Crippen molar-refractivity contribution in [3.63, 3.8) is 0 Å². The van der Waals surface area contributed by atoms with Gasteiger partial charge in [-0.2, -0.15) is 5.10 Å². The van der Waals surface area contributed by atoms with Crippen LogP contribution in [-0.2, 0) is 11.2 Å². The number of H-pyrrole nitrogens is 1. The molecule has 0 saturated carbocycles. The Morgan fingerprint density at radius 3 is 2.64 bits per heavy atom. The highest BCUT2D eigenvalue weighted by Gasteiger charge is 2.21. The molecule has 0 atom stereocenters. The van der Waals surface area contributed by atoms with E-state index < -0.39 is 11.6 Å². The first kappa shape index (κ1) is 13.9. The average molecular weight is 299 g/mol. The summed E-state index contributed by atoms with van der Waals surface area (Å²) in [7, 11) is 0. The number of hydrogen-bond donors (Lipinski definition) is 1. The predicted octanol–water partition coefficient (Wildman–Crippen LogP) is 2.20. The molecule has 2 aromatic heterocycles. The van der Waals surface area contributed by atoms with Gasteiger partial charge in [-0.3, -0.25) is 14.7 Å². The molecule has 0 fully saturated rings. The largest absolute Gasteiger partial charge is 0.472 e. The number of benzene rings is 1. The predicted molar refractivity (Wildman–Crippen MR) is 73.5 cm³/mol. The summed E-state index contributed by atoms with van der Waals surface area (Å²) in [5.74, 6) is -1.84. The van der Waals surface area contributed by atoms with E-state index >= 15 is 0 Å². The zero-order chi connectivity index (χ0) is 15.5. The minimum atomic E-state index is -0.747. The number of rotatable bonds is 5. The number of aromatic amines is 1. The fourth-order valence-corrected chi connectivity index (χ4v) is 2.04. The maximum atomic E-state index is 13.0. The highest BCUT2D eigenvalue weighted by atomic mass is 19.1. The number of hydrogen-bond acceptors (Lipinski definition) is 5. The second-order valence-electron chi connectivity index (χ2n) is 4.58. The molecule has 1 N–H and O–H groups in total. The Kier molecular flexibility index (Phi) is 3.61. The molecule has 110 valence electrons. The van der Waals surface area contributed by atoms with Crippen LogP contribution in [-0.4, -0.2) is 26.7 Å². The lowest BCUT2D eigenvalue weighted by Crippen LogP contribution is -2.18. The first-order valence-corrected chi connectivity index (χ1v) is 6.39. The number of nitrogens with one attached hydrogen (secondary N) is 1. The van der Waals surface area contributed by atoms with Crippen LogP contribution in [0.3, 0.4) is 0 Å². The minimum Gasteiger partial charge on any atom is -0.472 e. The van der Waals surface area contributed by atoms with Crippen LogP contribution in [0.5, 0.6) is 0 Å². The first-order chi connectivity index (χ1) is 10.6. The van der Waals surface area contributed by atoms with Gasteiger partial charge in [0.1, 0.15) is 12.1 Å². The maximum absolute atomic E-state index is 13.0. The third-order valence-corrected chi connectivity index (χ3v) is 3.13. The molecular formula is C15H10FN3O3. The monoisotopic (exact) mass is 299 g/mol. The van der Waals surface area contributed by atoms with Gasteiger partial charge in [-0.05, 0) is 17.7 Å². The quantitative estimate of drug-likeness (QED) is 0.576. The molecule has 6 nitrogen and oxygen atoms in total. The Labute approximate surface area is 124 Å². The second-order valence-corrected chi connectivity index (χ2v) is 4.58. The SMILES string of the molecule is O=C(Cc1cocc1-c1ccc(F)cc1)C(=O)c1ncn[nH]1. The fourth-order valence-electron chi connectivity index (χ4n) is 2.04. The van der Waals surface area contributed by atoms with Crippen LogP contribution in [0.2, 0.25) is 0 Å². The highest BCUT2D eigenvalue weighted by molar-refractivity contribution is 6.43. The van der Waals surface area contributed by atoms with Crippen molar-refractivity contribution in [3.05, 3.63) is 60.3 Å². The van der Waals surface area contributed by atoms with Gasteiger partial charge >= 0.3 is 0 Å². The molecule has 0 unspecified atom stereocenters. The van der Waals surface area contributed by atoms with E-state index in [0.717, 1.165) is 6.33 Å². The second kappa shape index (κ2) is 5.72. The fraction of sp³-hybridized carbons (Fsp3) is 0.0667. The molecular weight excluding hydrogens is 289 g/mol. The van der Waals surface area contributed by atoms with Crippen LogP contribution in [0, 0.1) is 5.82 Å². The molecule has 2 heterocycles. The van der Waals surface area contributed by atoms with Crippen molar-refractivity contribution in [2.24, 2.45) is 0 Å². The van der Waals surface area contributed by atoms with Crippen molar-refractivity contribution in [3.8, 4) is 11.1 Å². The molecule has 1 aromatic carbocycles. The number of carbonyl (C=O) groups is 2. The lowest BCUT2D eigenvalue weighted by Gasteiger charge is -2.02. The van der Waals surface area contributed by atoms with Gasteiger partial charge in [0.25, 0.3) is 5.78 Å². The van der Waals surface area contributed by atoms with Crippen molar-refractivity contribution in [2.45, 2.75) is 6.42 Å². The van der Waals surface area contributed by atoms with Crippen LogP contribution in [0.25, 0.3) is 11.1 Å². The van der Waals surface area contributed by atoms with Crippen molar-refractivity contribution in [1.29, 1.82) is 0 Å². The zero-order valence-electron chi connectivity index (χ0n) is 11.2. The molecule has 0 aliphatic heterocycles. The summed E-state index contributed by atoms with van der Waals surface area (Å²) >= 11 is 0. The Morgan fingerprint density at radius 1 is 1.18 bits per heavy atom. The van der Waals surface area contributed by atoms with E-state index in [2.05, 4.69) is 15.2 Å². The van der Waals surface area contributed by atoms with E-state index in [1.165, 1.54) is 24.7 Å². The molecule has 7 heteroatoms. The van der Waals surface area contributed by atoms with Gasteiger partial charge in [0.2, 0.25) is 5.78 Å². The molecule has 0 radical (unpaired) electrons. The first-order valence-electron chi connectivity index (χ1n) is 6.39. The molecule has 3 aromatic rings. The lowest BCUT2D eigenvalue weighted by atomic mass is 10.00. The Hall–Kier alpha value is -3.09. The number of ketones is 2. The van der Waals surface area contributed by atoms with E-state index in [9.17, 15) is 14.0 Å². The van der Waals surface area contributed by atoms with Gasteiger partial charge in [-0.25, -0.2) is 9.37 Å². The molecule has 0 spiro atoms. The van der Waals surface area contributed by atoms with Crippen molar-refractivity contribution in [2.75, 3.05) is 0 Å². The van der Waals surface area contributed by atoms with Gasteiger partial charge in [0.05, 0.1) is 12.5 Å². The van der Waals surface area contributed by atoms with Crippen molar-refractivity contribution >= 4 is 11.6 Å². The molecule has 0 saturated heterocycles. The van der Waals surface area contributed by atoms with E-state index in [1.54, 1.807) is 12.1 Å². The third-order valence-electron chi connectivity index (χ3n) is 3.13. The molecule has 22 heavy (non-hydrogen) atoms. The Balaban J connectivity index is 1.82. The number of Topliss-reactive ketones (excluding diaryl/α,β-unsaturated/α-hetero) is 2. The summed E-state index contributed by atoms with van der Waals surface area (Å²) in [6, 6.07) is 5.78. The molecule has 0 aliphatic rings. The summed E-state index contributed by atoms with van der Waals surface area (Å²) < 4.78 is 18.1. The molecule has 0 bridgehead atoms. The number of halogens is 1. The molecule has 0 aliphatic carbocycles. The van der Waals surface area contributed by atoms with Crippen LogP contribution < -0.4 is 0 Å². The van der Waals surface area contributed by atoms with Gasteiger partial charge in [0, 0.05) is 17.5 Å². The number of carbonyl (C=O) groups excluding carboxylic acids is 2. The highest BCUT2D eigenvalue weighted by Crippen LogP contribution is 2.25. The van der Waals surface area contributed by atoms with Gasteiger partial charge in [-0.15, -0.1) is 0 Å². The Morgan fingerprint density at radius 2 is 1.95 bits per heavy atom. The molecule has 3 rings (SSSR count). The van der Waals surface area contributed by atoms with Crippen LogP contribution in [0.15, 0.2) is 47.5 Å². The van der Waals surface area contributed by atoms with E-state index in [4.69, 9.17) is 4.42 Å². The number of aromatic nitrogens is 3. The topological polar surface area (TPSA) is 88.8 Å². The van der Waals surface area contributed by atoms with Crippen molar-refractivity contribution < 1.29 is 18.4 Å². The summed E-state index contributed by atoms with van der Waals surface area (Å²) in [5, 5.41) is 5.89. The summed E-state index contributed by atoms with van der Waals surface area (Å²) in [5.41, 5.74) is 1.88. The zero-order valence-corrected chi connectivity index (χ0v) is 11.2. The number of nitrogens with zero attached hydrogens (tertiary/aromatic N) is 2. The minimum absolute atomic E-state index is 0.100. The van der Waals surface area contributed by atoms with Crippen LogP contribution in [0.4, 0.5) is 4.39 Å². The maximum Gasteiger partial charge on any atom is 0.265 e. The Bertz CT molecular complexity index is 807. The van der Waals surface area contributed by atoms with Gasteiger partial charge in [-0.1, -0.05) is 12.1 Å². The standard InChI is InChI=1S/C15H10FN3O3/c16-11-3-1-9(2-4-11)12-7-22-6-10(12)5-13(20)14(21)15-17-8-18-19-15/h1-4,6-8H,5H2,(H,17,18,19). The van der Waals surface area contributed by atoms with Crippen molar-refractivity contribution in [1.82, 2.24) is 15.2 Å². The normalized spacial score (nSPS) is 10.6. The van der Waals surface area contributed by atoms with E-state index in [-0.39, 0.29) is 18.1 Å². The third kappa shape index (κ3) is 2.69. The van der Waals surface area contributed by atoms with E-state index in [0.29, 0.717) is 16.7 Å². The smallest absolute Gasteiger partial charge is 0.265 e.